The maximum absolute atomic E-state index is 6.16. The molecule has 2 rings (SSSR count). The van der Waals surface area contributed by atoms with Crippen molar-refractivity contribution < 1.29 is 9.47 Å². The Hall–Kier alpha value is -1.75. The predicted octanol–water partition coefficient (Wildman–Crippen LogP) is 3.26. The first-order valence-electron chi connectivity index (χ1n) is 9.44. The molecule has 0 radical (unpaired) electrons. The number of guanidine groups is 1. The molecule has 1 heterocycles. The molecule has 5 heteroatoms. The zero-order valence-corrected chi connectivity index (χ0v) is 16.1. The van der Waals surface area contributed by atoms with E-state index >= 15 is 0 Å². The van der Waals surface area contributed by atoms with Crippen LogP contribution in [0.25, 0.3) is 0 Å². The summed E-state index contributed by atoms with van der Waals surface area (Å²) in [4.78, 5) is 4.33. The minimum atomic E-state index is 0.160. The molecular formula is C20H33N3O2. The van der Waals surface area contributed by atoms with Gasteiger partial charge in [0.15, 0.2) is 5.96 Å². The van der Waals surface area contributed by atoms with E-state index in [-0.39, 0.29) is 6.10 Å². The quantitative estimate of drug-likeness (QED) is 0.560. The monoisotopic (exact) mass is 347 g/mol. The molecule has 5 nitrogen and oxygen atoms in total. The summed E-state index contributed by atoms with van der Waals surface area (Å²) in [5.41, 5.74) is 2.34. The minimum Gasteiger partial charge on any atom is -0.488 e. The molecule has 1 unspecified atom stereocenters. The largest absolute Gasteiger partial charge is 0.488 e. The third-order valence-electron chi connectivity index (χ3n) is 4.79. The third-order valence-corrected chi connectivity index (χ3v) is 4.79. The summed E-state index contributed by atoms with van der Waals surface area (Å²) in [6.07, 6.45) is 3.48. The number of hydrogen-bond acceptors (Lipinski definition) is 3. The SMILES string of the molecule is CCC(CC)CNC(=NC)NCc1ccc(C)cc1OC1CCOC1. The van der Waals surface area contributed by atoms with Crippen LogP contribution in [-0.2, 0) is 11.3 Å². The number of nitrogens with one attached hydrogen (secondary N) is 2. The van der Waals surface area contributed by atoms with Gasteiger partial charge in [0.2, 0.25) is 0 Å². The predicted molar refractivity (Wildman–Crippen MR) is 103 cm³/mol. The second-order valence-corrected chi connectivity index (χ2v) is 6.70. The lowest BCUT2D eigenvalue weighted by Gasteiger charge is -2.19. The first-order chi connectivity index (χ1) is 12.2. The molecule has 0 aromatic heterocycles. The second kappa shape index (κ2) is 10.3. The van der Waals surface area contributed by atoms with E-state index < -0.39 is 0 Å². The maximum Gasteiger partial charge on any atom is 0.191 e. The first-order valence-corrected chi connectivity index (χ1v) is 9.44. The molecule has 0 aliphatic carbocycles. The Morgan fingerprint density at radius 3 is 2.76 bits per heavy atom. The molecule has 1 aromatic rings. The van der Waals surface area contributed by atoms with Crippen LogP contribution < -0.4 is 15.4 Å². The summed E-state index contributed by atoms with van der Waals surface area (Å²) >= 11 is 0. The number of aryl methyl sites for hydroxylation is 1. The van der Waals surface area contributed by atoms with Crippen molar-refractivity contribution in [3.05, 3.63) is 29.3 Å². The van der Waals surface area contributed by atoms with Gasteiger partial charge in [-0.2, -0.15) is 0 Å². The third kappa shape index (κ3) is 6.24. The van der Waals surface area contributed by atoms with Crippen molar-refractivity contribution in [3.8, 4) is 5.75 Å². The van der Waals surface area contributed by atoms with Gasteiger partial charge in [0.25, 0.3) is 0 Å². The smallest absolute Gasteiger partial charge is 0.191 e. The van der Waals surface area contributed by atoms with Crippen molar-refractivity contribution in [2.24, 2.45) is 10.9 Å². The molecule has 140 valence electrons. The number of nitrogens with zero attached hydrogens (tertiary/aromatic N) is 1. The van der Waals surface area contributed by atoms with E-state index in [2.05, 4.69) is 54.6 Å². The Kier molecular flexibility index (Phi) is 8.06. The standard InChI is InChI=1S/C20H33N3O2/c1-5-16(6-2)12-22-20(21-4)23-13-17-8-7-15(3)11-19(17)25-18-9-10-24-14-18/h7-8,11,16,18H,5-6,9-10,12-14H2,1-4H3,(H2,21,22,23). The molecule has 1 atom stereocenters. The Morgan fingerprint density at radius 2 is 2.12 bits per heavy atom. The summed E-state index contributed by atoms with van der Waals surface area (Å²) in [5, 5.41) is 6.83. The van der Waals surface area contributed by atoms with Crippen molar-refractivity contribution in [1.29, 1.82) is 0 Å². The molecule has 1 aromatic carbocycles. The summed E-state index contributed by atoms with van der Waals surface area (Å²) in [7, 11) is 1.81. The highest BCUT2D eigenvalue weighted by Gasteiger charge is 2.18. The second-order valence-electron chi connectivity index (χ2n) is 6.70. The molecule has 0 saturated carbocycles. The highest BCUT2D eigenvalue weighted by Crippen LogP contribution is 2.23. The van der Waals surface area contributed by atoms with Crippen LogP contribution in [0.1, 0.15) is 44.2 Å². The highest BCUT2D eigenvalue weighted by molar-refractivity contribution is 5.79. The Morgan fingerprint density at radius 1 is 1.32 bits per heavy atom. The van der Waals surface area contributed by atoms with Crippen molar-refractivity contribution in [2.75, 3.05) is 26.8 Å². The number of rotatable bonds is 8. The Bertz CT molecular complexity index is 550. The number of ether oxygens (including phenoxy) is 2. The van der Waals surface area contributed by atoms with Crippen molar-refractivity contribution in [1.82, 2.24) is 10.6 Å². The zero-order chi connectivity index (χ0) is 18.1. The van der Waals surface area contributed by atoms with Crippen LogP contribution >= 0.6 is 0 Å². The van der Waals surface area contributed by atoms with Crippen molar-refractivity contribution >= 4 is 5.96 Å². The summed E-state index contributed by atoms with van der Waals surface area (Å²) in [6.45, 7) is 9.65. The number of aliphatic imine (C=N–C) groups is 1. The van der Waals surface area contributed by atoms with Crippen molar-refractivity contribution in [2.45, 2.75) is 52.7 Å². The molecule has 1 saturated heterocycles. The van der Waals surface area contributed by atoms with Crippen LogP contribution in [-0.4, -0.2) is 38.9 Å². The molecule has 0 spiro atoms. The zero-order valence-electron chi connectivity index (χ0n) is 16.1. The maximum atomic E-state index is 6.16. The molecule has 1 fully saturated rings. The van der Waals surface area contributed by atoms with Crippen LogP contribution in [0.5, 0.6) is 5.75 Å². The van der Waals surface area contributed by atoms with Gasteiger partial charge in [-0.05, 0) is 24.5 Å². The lowest BCUT2D eigenvalue weighted by atomic mass is 10.0. The molecule has 1 aliphatic heterocycles. The van der Waals surface area contributed by atoms with E-state index in [9.17, 15) is 0 Å². The first kappa shape index (κ1) is 19.6. The fourth-order valence-corrected chi connectivity index (χ4v) is 2.92. The van der Waals surface area contributed by atoms with Gasteiger partial charge in [0.05, 0.1) is 13.2 Å². The van der Waals surface area contributed by atoms with E-state index in [1.165, 1.54) is 18.4 Å². The summed E-state index contributed by atoms with van der Waals surface area (Å²) in [5.74, 6) is 2.46. The van der Waals surface area contributed by atoms with Gasteiger partial charge in [-0.25, -0.2) is 0 Å². The van der Waals surface area contributed by atoms with Crippen LogP contribution in [0.2, 0.25) is 0 Å². The summed E-state index contributed by atoms with van der Waals surface area (Å²) in [6, 6.07) is 6.35. The molecule has 25 heavy (non-hydrogen) atoms. The molecule has 1 aliphatic rings. The average molecular weight is 348 g/mol. The fourth-order valence-electron chi connectivity index (χ4n) is 2.92. The van der Waals surface area contributed by atoms with Gasteiger partial charge >= 0.3 is 0 Å². The van der Waals surface area contributed by atoms with Gasteiger partial charge in [0.1, 0.15) is 11.9 Å². The average Bonchev–Trinajstić information content (AvgIpc) is 3.12. The minimum absolute atomic E-state index is 0.160. The number of hydrogen-bond donors (Lipinski definition) is 2. The van der Waals surface area contributed by atoms with Crippen LogP contribution in [0.3, 0.4) is 0 Å². The van der Waals surface area contributed by atoms with Crippen LogP contribution in [0.4, 0.5) is 0 Å². The van der Waals surface area contributed by atoms with E-state index in [0.717, 1.165) is 36.8 Å². The lowest BCUT2D eigenvalue weighted by Crippen LogP contribution is -2.39. The van der Waals surface area contributed by atoms with E-state index in [4.69, 9.17) is 9.47 Å². The van der Waals surface area contributed by atoms with Crippen molar-refractivity contribution in [3.63, 3.8) is 0 Å². The molecular weight excluding hydrogens is 314 g/mol. The summed E-state index contributed by atoms with van der Waals surface area (Å²) < 4.78 is 11.6. The van der Waals surface area contributed by atoms with Gasteiger partial charge in [0, 0.05) is 32.1 Å². The Balaban J connectivity index is 1.94. The molecule has 0 amide bonds. The van der Waals surface area contributed by atoms with E-state index in [1.54, 1.807) is 0 Å². The van der Waals surface area contributed by atoms with Gasteiger partial charge in [-0.1, -0.05) is 38.8 Å². The fraction of sp³-hybridized carbons (Fsp3) is 0.650. The van der Waals surface area contributed by atoms with Gasteiger partial charge in [-0.3, -0.25) is 4.99 Å². The normalized spacial score (nSPS) is 17.8. The van der Waals surface area contributed by atoms with Gasteiger partial charge in [-0.15, -0.1) is 0 Å². The van der Waals surface area contributed by atoms with E-state index in [0.29, 0.717) is 19.1 Å². The number of benzene rings is 1. The lowest BCUT2D eigenvalue weighted by molar-refractivity contribution is 0.140. The van der Waals surface area contributed by atoms with E-state index in [1.807, 2.05) is 7.05 Å². The Labute approximate surface area is 152 Å². The molecule has 0 bridgehead atoms. The molecule has 2 N–H and O–H groups in total. The van der Waals surface area contributed by atoms with Crippen LogP contribution in [0.15, 0.2) is 23.2 Å². The highest BCUT2D eigenvalue weighted by atomic mass is 16.5. The topological polar surface area (TPSA) is 54.9 Å². The van der Waals surface area contributed by atoms with Crippen LogP contribution in [0, 0.1) is 12.8 Å². The van der Waals surface area contributed by atoms with Gasteiger partial charge < -0.3 is 20.1 Å².